The number of amides is 2. The van der Waals surface area contributed by atoms with Crippen molar-refractivity contribution < 1.29 is 9.53 Å². The number of benzene rings is 1. The van der Waals surface area contributed by atoms with E-state index in [0.717, 1.165) is 12.1 Å². The summed E-state index contributed by atoms with van der Waals surface area (Å²) in [4.78, 5) is 13.5. The Bertz CT molecular complexity index is 408. The summed E-state index contributed by atoms with van der Waals surface area (Å²) in [7, 11) is 1.60. The molecule has 1 unspecified atom stereocenters. The fraction of sp³-hybridized carbons (Fsp3) is 0.417. The van der Waals surface area contributed by atoms with Crippen LogP contribution in [0.15, 0.2) is 24.3 Å². The predicted octanol–water partition coefficient (Wildman–Crippen LogP) is 0.942. The maximum atomic E-state index is 11.8. The molecule has 0 bridgehead atoms. The van der Waals surface area contributed by atoms with Crippen LogP contribution in [0.1, 0.15) is 6.42 Å². The van der Waals surface area contributed by atoms with E-state index in [-0.39, 0.29) is 12.1 Å². The molecule has 1 atom stereocenters. The van der Waals surface area contributed by atoms with E-state index in [2.05, 4.69) is 5.32 Å². The molecule has 1 aromatic rings. The molecule has 5 nitrogen and oxygen atoms in total. The molecule has 1 saturated heterocycles. The fourth-order valence-electron chi connectivity index (χ4n) is 2.03. The van der Waals surface area contributed by atoms with Gasteiger partial charge < -0.3 is 15.8 Å². The molecule has 1 heterocycles. The van der Waals surface area contributed by atoms with E-state index in [1.165, 1.54) is 0 Å². The number of urea groups is 1. The molecule has 92 valence electrons. The van der Waals surface area contributed by atoms with Crippen LogP contribution in [-0.2, 0) is 0 Å². The van der Waals surface area contributed by atoms with Crippen LogP contribution < -0.4 is 20.7 Å². The third kappa shape index (κ3) is 2.34. The molecule has 0 aliphatic carbocycles. The monoisotopic (exact) mass is 235 g/mol. The minimum atomic E-state index is -0.0899. The van der Waals surface area contributed by atoms with Crippen molar-refractivity contribution in [1.82, 2.24) is 5.32 Å². The molecule has 2 amide bonds. The number of nitrogens with one attached hydrogen (secondary N) is 1. The number of carbonyl (C=O) groups excluding carboxylic acids is 1. The number of ether oxygens (including phenoxy) is 1. The standard InChI is InChI=1S/C12H17N3O2/c1-17-11-5-3-2-4-10(11)15-8-9(6-7-13)14-12(15)16/h2-5,9H,6-8,13H2,1H3,(H,14,16). The Morgan fingerprint density at radius 3 is 3.00 bits per heavy atom. The van der Waals surface area contributed by atoms with Crippen LogP contribution in [-0.4, -0.2) is 32.3 Å². The molecule has 5 heteroatoms. The van der Waals surface area contributed by atoms with Crippen molar-refractivity contribution >= 4 is 11.7 Å². The average molecular weight is 235 g/mol. The Kier molecular flexibility index (Phi) is 3.49. The number of methoxy groups -OCH3 is 1. The highest BCUT2D eigenvalue weighted by Gasteiger charge is 2.30. The van der Waals surface area contributed by atoms with E-state index in [0.29, 0.717) is 18.8 Å². The Balaban J connectivity index is 2.20. The lowest BCUT2D eigenvalue weighted by atomic mass is 10.2. The fourth-order valence-corrected chi connectivity index (χ4v) is 2.03. The second-order valence-electron chi connectivity index (χ2n) is 4.01. The largest absolute Gasteiger partial charge is 0.495 e. The van der Waals surface area contributed by atoms with Gasteiger partial charge in [0.25, 0.3) is 0 Å². The van der Waals surface area contributed by atoms with Crippen LogP contribution in [0, 0.1) is 0 Å². The Labute approximate surface area is 101 Å². The Hall–Kier alpha value is -1.75. The second kappa shape index (κ2) is 5.05. The van der Waals surface area contributed by atoms with Gasteiger partial charge in [-0.2, -0.15) is 0 Å². The lowest BCUT2D eigenvalue weighted by Crippen LogP contribution is -2.29. The molecule has 1 aromatic carbocycles. The van der Waals surface area contributed by atoms with E-state index in [1.807, 2.05) is 24.3 Å². The molecule has 0 spiro atoms. The van der Waals surface area contributed by atoms with Crippen molar-refractivity contribution in [2.45, 2.75) is 12.5 Å². The molecule has 1 aliphatic heterocycles. The molecule has 1 aliphatic rings. The topological polar surface area (TPSA) is 67.6 Å². The van der Waals surface area contributed by atoms with Crippen LogP contribution in [0.3, 0.4) is 0 Å². The molecule has 3 N–H and O–H groups in total. The van der Waals surface area contributed by atoms with Gasteiger partial charge in [0.15, 0.2) is 0 Å². The third-order valence-electron chi connectivity index (χ3n) is 2.87. The summed E-state index contributed by atoms with van der Waals surface area (Å²) in [5.74, 6) is 0.705. The Morgan fingerprint density at radius 2 is 2.29 bits per heavy atom. The van der Waals surface area contributed by atoms with Crippen molar-refractivity contribution in [1.29, 1.82) is 0 Å². The number of rotatable bonds is 4. The first kappa shape index (κ1) is 11.7. The summed E-state index contributed by atoms with van der Waals surface area (Å²) < 4.78 is 5.25. The lowest BCUT2D eigenvalue weighted by Gasteiger charge is -2.17. The SMILES string of the molecule is COc1ccccc1N1CC(CCN)NC1=O. The summed E-state index contributed by atoms with van der Waals surface area (Å²) in [5, 5.41) is 2.91. The first-order chi connectivity index (χ1) is 8.26. The zero-order valence-corrected chi connectivity index (χ0v) is 9.85. The van der Waals surface area contributed by atoms with Gasteiger partial charge in [-0.15, -0.1) is 0 Å². The van der Waals surface area contributed by atoms with Gasteiger partial charge in [-0.25, -0.2) is 4.79 Å². The number of nitrogens with zero attached hydrogens (tertiary/aromatic N) is 1. The van der Waals surface area contributed by atoms with Gasteiger partial charge in [-0.05, 0) is 25.1 Å². The maximum Gasteiger partial charge on any atom is 0.322 e. The number of carbonyl (C=O) groups is 1. The summed E-state index contributed by atoms with van der Waals surface area (Å²) in [6.45, 7) is 1.21. The minimum absolute atomic E-state index is 0.0899. The van der Waals surface area contributed by atoms with Gasteiger partial charge in [-0.3, -0.25) is 4.90 Å². The highest BCUT2D eigenvalue weighted by Crippen LogP contribution is 2.29. The van der Waals surface area contributed by atoms with E-state index >= 15 is 0 Å². The highest BCUT2D eigenvalue weighted by molar-refractivity contribution is 5.96. The molecule has 2 rings (SSSR count). The molecule has 0 aromatic heterocycles. The van der Waals surface area contributed by atoms with Crippen LogP contribution in [0.2, 0.25) is 0 Å². The summed E-state index contributed by atoms with van der Waals surface area (Å²) >= 11 is 0. The van der Waals surface area contributed by atoms with Crippen LogP contribution >= 0.6 is 0 Å². The van der Waals surface area contributed by atoms with E-state index in [1.54, 1.807) is 12.0 Å². The smallest absolute Gasteiger partial charge is 0.322 e. The molecule has 0 radical (unpaired) electrons. The van der Waals surface area contributed by atoms with Crippen molar-refractivity contribution in [3.63, 3.8) is 0 Å². The highest BCUT2D eigenvalue weighted by atomic mass is 16.5. The normalized spacial score (nSPS) is 19.3. The first-order valence-electron chi connectivity index (χ1n) is 5.67. The summed E-state index contributed by atoms with van der Waals surface area (Å²) in [6.07, 6.45) is 0.789. The number of para-hydroxylation sites is 2. The molecule has 17 heavy (non-hydrogen) atoms. The zero-order chi connectivity index (χ0) is 12.3. The van der Waals surface area contributed by atoms with Gasteiger partial charge in [0.2, 0.25) is 0 Å². The van der Waals surface area contributed by atoms with Crippen LogP contribution in [0.4, 0.5) is 10.5 Å². The van der Waals surface area contributed by atoms with Gasteiger partial charge >= 0.3 is 6.03 Å². The van der Waals surface area contributed by atoms with Gasteiger partial charge in [-0.1, -0.05) is 12.1 Å². The van der Waals surface area contributed by atoms with Crippen molar-refractivity contribution in [3.05, 3.63) is 24.3 Å². The number of anilines is 1. The van der Waals surface area contributed by atoms with E-state index < -0.39 is 0 Å². The third-order valence-corrected chi connectivity index (χ3v) is 2.87. The van der Waals surface area contributed by atoms with Gasteiger partial charge in [0, 0.05) is 12.6 Å². The minimum Gasteiger partial charge on any atom is -0.495 e. The predicted molar refractivity (Wildman–Crippen MR) is 66.3 cm³/mol. The Morgan fingerprint density at radius 1 is 1.53 bits per heavy atom. The van der Waals surface area contributed by atoms with Crippen molar-refractivity contribution in [3.8, 4) is 5.75 Å². The quantitative estimate of drug-likeness (QED) is 0.816. The maximum absolute atomic E-state index is 11.8. The summed E-state index contributed by atoms with van der Waals surface area (Å²) in [5.41, 5.74) is 6.30. The lowest BCUT2D eigenvalue weighted by molar-refractivity contribution is 0.250. The van der Waals surface area contributed by atoms with Gasteiger partial charge in [0.05, 0.1) is 12.8 Å². The van der Waals surface area contributed by atoms with Gasteiger partial charge in [0.1, 0.15) is 5.75 Å². The van der Waals surface area contributed by atoms with Crippen molar-refractivity contribution in [2.75, 3.05) is 25.1 Å². The van der Waals surface area contributed by atoms with E-state index in [9.17, 15) is 4.79 Å². The van der Waals surface area contributed by atoms with Crippen LogP contribution in [0.25, 0.3) is 0 Å². The number of hydrogen-bond donors (Lipinski definition) is 2. The number of nitrogens with two attached hydrogens (primary N) is 1. The summed E-state index contributed by atoms with van der Waals surface area (Å²) in [6, 6.07) is 7.53. The second-order valence-corrected chi connectivity index (χ2v) is 4.01. The number of hydrogen-bond acceptors (Lipinski definition) is 3. The van der Waals surface area contributed by atoms with Crippen LogP contribution in [0.5, 0.6) is 5.75 Å². The molecular formula is C12H17N3O2. The zero-order valence-electron chi connectivity index (χ0n) is 9.85. The molecule has 1 fully saturated rings. The average Bonchev–Trinajstić information content (AvgIpc) is 2.70. The van der Waals surface area contributed by atoms with Crippen molar-refractivity contribution in [2.24, 2.45) is 5.73 Å². The molecule has 0 saturated carbocycles. The van der Waals surface area contributed by atoms with E-state index in [4.69, 9.17) is 10.5 Å². The molecular weight excluding hydrogens is 218 g/mol. The first-order valence-corrected chi connectivity index (χ1v) is 5.67.